The summed E-state index contributed by atoms with van der Waals surface area (Å²) in [5.74, 6) is -0.173. The first-order valence-corrected chi connectivity index (χ1v) is 8.09. The van der Waals surface area contributed by atoms with E-state index in [9.17, 15) is 9.59 Å². The maximum absolute atomic E-state index is 12.3. The SMILES string of the molecule is CC(C)(CN1CCOCC1)NC(=O)Nc1cnc2c(c1)CNC2=O. The molecule has 0 unspecified atom stereocenters. The van der Waals surface area contributed by atoms with Crippen molar-refractivity contribution in [3.63, 3.8) is 0 Å². The van der Waals surface area contributed by atoms with E-state index >= 15 is 0 Å². The Morgan fingerprint density at radius 3 is 2.92 bits per heavy atom. The van der Waals surface area contributed by atoms with Gasteiger partial charge in [0.25, 0.3) is 5.91 Å². The number of carbonyl (C=O) groups is 2. The minimum Gasteiger partial charge on any atom is -0.379 e. The Hall–Kier alpha value is -2.19. The van der Waals surface area contributed by atoms with Crippen LogP contribution in [-0.2, 0) is 11.3 Å². The fourth-order valence-corrected chi connectivity index (χ4v) is 3.00. The summed E-state index contributed by atoms with van der Waals surface area (Å²) in [5.41, 5.74) is 1.42. The molecule has 2 aliphatic rings. The third-order valence-corrected chi connectivity index (χ3v) is 4.05. The number of rotatable bonds is 4. The van der Waals surface area contributed by atoms with Gasteiger partial charge in [-0.25, -0.2) is 9.78 Å². The molecule has 3 amide bonds. The monoisotopic (exact) mass is 333 g/mol. The number of morpholine rings is 1. The van der Waals surface area contributed by atoms with Crippen molar-refractivity contribution < 1.29 is 14.3 Å². The molecule has 0 radical (unpaired) electrons. The van der Waals surface area contributed by atoms with E-state index in [0.717, 1.165) is 38.4 Å². The van der Waals surface area contributed by atoms with Gasteiger partial charge < -0.3 is 20.7 Å². The van der Waals surface area contributed by atoms with E-state index in [4.69, 9.17) is 4.74 Å². The molecule has 130 valence electrons. The Morgan fingerprint density at radius 1 is 1.42 bits per heavy atom. The number of pyridine rings is 1. The Balaban J connectivity index is 1.55. The lowest BCUT2D eigenvalue weighted by Crippen LogP contribution is -2.54. The van der Waals surface area contributed by atoms with Crippen LogP contribution in [0, 0.1) is 0 Å². The number of ether oxygens (including phenoxy) is 1. The Kier molecular flexibility index (Phi) is 4.68. The molecule has 0 spiro atoms. The first-order chi connectivity index (χ1) is 11.4. The first-order valence-electron chi connectivity index (χ1n) is 8.09. The lowest BCUT2D eigenvalue weighted by atomic mass is 10.0. The van der Waals surface area contributed by atoms with Gasteiger partial charge in [-0.3, -0.25) is 9.69 Å². The molecule has 0 bridgehead atoms. The van der Waals surface area contributed by atoms with Gasteiger partial charge in [0.1, 0.15) is 5.69 Å². The van der Waals surface area contributed by atoms with Crippen LogP contribution in [-0.4, -0.2) is 60.2 Å². The van der Waals surface area contributed by atoms with Crippen LogP contribution in [0.5, 0.6) is 0 Å². The normalized spacial score (nSPS) is 18.0. The molecule has 0 atom stereocenters. The minimum absolute atomic E-state index is 0.173. The van der Waals surface area contributed by atoms with Crippen molar-refractivity contribution in [2.45, 2.75) is 25.9 Å². The zero-order valence-electron chi connectivity index (χ0n) is 14.0. The first kappa shape index (κ1) is 16.7. The number of carbonyl (C=O) groups excluding carboxylic acids is 2. The van der Waals surface area contributed by atoms with Gasteiger partial charge in [-0.1, -0.05) is 0 Å². The van der Waals surface area contributed by atoms with Gasteiger partial charge >= 0.3 is 6.03 Å². The van der Waals surface area contributed by atoms with E-state index < -0.39 is 0 Å². The highest BCUT2D eigenvalue weighted by Crippen LogP contribution is 2.17. The molecule has 3 heterocycles. The van der Waals surface area contributed by atoms with Crippen LogP contribution < -0.4 is 16.0 Å². The minimum atomic E-state index is -0.372. The van der Waals surface area contributed by atoms with Crippen LogP contribution in [0.4, 0.5) is 10.5 Å². The quantitative estimate of drug-likeness (QED) is 0.748. The number of anilines is 1. The summed E-state index contributed by atoms with van der Waals surface area (Å²) in [6.45, 7) is 8.40. The second-order valence-corrected chi connectivity index (χ2v) is 6.77. The highest BCUT2D eigenvalue weighted by molar-refractivity contribution is 5.97. The molecule has 3 rings (SSSR count). The number of nitrogens with one attached hydrogen (secondary N) is 3. The van der Waals surface area contributed by atoms with Crippen molar-refractivity contribution in [2.75, 3.05) is 38.2 Å². The van der Waals surface area contributed by atoms with Crippen molar-refractivity contribution in [2.24, 2.45) is 0 Å². The summed E-state index contributed by atoms with van der Waals surface area (Å²) in [6.07, 6.45) is 1.50. The van der Waals surface area contributed by atoms with Crippen molar-refractivity contribution >= 4 is 17.6 Å². The maximum Gasteiger partial charge on any atom is 0.319 e. The summed E-state index contributed by atoms with van der Waals surface area (Å²) < 4.78 is 5.34. The van der Waals surface area contributed by atoms with Gasteiger partial charge in [-0.05, 0) is 19.9 Å². The van der Waals surface area contributed by atoms with Gasteiger partial charge in [-0.2, -0.15) is 0 Å². The van der Waals surface area contributed by atoms with E-state index in [0.29, 0.717) is 17.9 Å². The molecule has 8 heteroatoms. The Labute approximate surface area is 140 Å². The number of hydrogen-bond acceptors (Lipinski definition) is 5. The molecule has 24 heavy (non-hydrogen) atoms. The zero-order chi connectivity index (χ0) is 17.2. The molecule has 0 aromatic carbocycles. The van der Waals surface area contributed by atoms with Gasteiger partial charge in [0.2, 0.25) is 0 Å². The Bertz CT molecular complexity index is 641. The number of urea groups is 1. The standard InChI is InChI=1S/C16H23N5O3/c1-16(2,10-21-3-5-24-6-4-21)20-15(23)19-12-7-11-8-18-14(22)13(11)17-9-12/h7,9H,3-6,8,10H2,1-2H3,(H,18,22)(H2,19,20,23). The fourth-order valence-electron chi connectivity index (χ4n) is 3.00. The summed E-state index contributed by atoms with van der Waals surface area (Å²) in [5, 5.41) is 8.47. The average Bonchev–Trinajstić information content (AvgIpc) is 2.88. The van der Waals surface area contributed by atoms with Gasteiger partial charge in [0.05, 0.1) is 25.1 Å². The smallest absolute Gasteiger partial charge is 0.319 e. The van der Waals surface area contributed by atoms with E-state index in [1.165, 1.54) is 6.20 Å². The number of amides is 3. The van der Waals surface area contributed by atoms with E-state index in [1.807, 2.05) is 13.8 Å². The topological polar surface area (TPSA) is 95.6 Å². The molecule has 3 N–H and O–H groups in total. The molecule has 2 aliphatic heterocycles. The highest BCUT2D eigenvalue weighted by atomic mass is 16.5. The van der Waals surface area contributed by atoms with E-state index in [-0.39, 0.29) is 17.5 Å². The molecule has 8 nitrogen and oxygen atoms in total. The van der Waals surface area contributed by atoms with Crippen LogP contribution >= 0.6 is 0 Å². The third-order valence-electron chi connectivity index (χ3n) is 4.05. The van der Waals surface area contributed by atoms with Crippen LogP contribution in [0.15, 0.2) is 12.3 Å². The molecule has 1 aromatic heterocycles. The molecule has 0 aliphatic carbocycles. The number of hydrogen-bond donors (Lipinski definition) is 3. The fraction of sp³-hybridized carbons (Fsp3) is 0.562. The summed E-state index contributed by atoms with van der Waals surface area (Å²) in [7, 11) is 0. The average molecular weight is 333 g/mol. The summed E-state index contributed by atoms with van der Waals surface area (Å²) in [6, 6.07) is 1.49. The maximum atomic E-state index is 12.3. The van der Waals surface area contributed by atoms with Crippen molar-refractivity contribution in [3.05, 3.63) is 23.5 Å². The molecular weight excluding hydrogens is 310 g/mol. The van der Waals surface area contributed by atoms with Crippen LogP contribution in [0.25, 0.3) is 0 Å². The third kappa shape index (κ3) is 4.01. The van der Waals surface area contributed by atoms with E-state index in [2.05, 4.69) is 25.8 Å². The van der Waals surface area contributed by atoms with Crippen molar-refractivity contribution in [1.29, 1.82) is 0 Å². The predicted octanol–water partition coefficient (Wildman–Crippen LogP) is 0.557. The largest absolute Gasteiger partial charge is 0.379 e. The Morgan fingerprint density at radius 2 is 2.17 bits per heavy atom. The zero-order valence-corrected chi connectivity index (χ0v) is 14.0. The van der Waals surface area contributed by atoms with Gasteiger partial charge in [-0.15, -0.1) is 0 Å². The van der Waals surface area contributed by atoms with Crippen LogP contribution in [0.1, 0.15) is 29.9 Å². The second kappa shape index (κ2) is 6.74. The molecule has 0 saturated carbocycles. The lowest BCUT2D eigenvalue weighted by molar-refractivity contribution is 0.0282. The lowest BCUT2D eigenvalue weighted by Gasteiger charge is -2.35. The van der Waals surface area contributed by atoms with Crippen LogP contribution in [0.3, 0.4) is 0 Å². The van der Waals surface area contributed by atoms with Crippen LogP contribution in [0.2, 0.25) is 0 Å². The highest BCUT2D eigenvalue weighted by Gasteiger charge is 2.25. The molecule has 1 saturated heterocycles. The molecule has 1 aromatic rings. The summed E-state index contributed by atoms with van der Waals surface area (Å²) in [4.78, 5) is 30.1. The molecular formula is C16H23N5O3. The number of nitrogens with zero attached hydrogens (tertiary/aromatic N) is 2. The second-order valence-electron chi connectivity index (χ2n) is 6.77. The van der Waals surface area contributed by atoms with Crippen molar-refractivity contribution in [1.82, 2.24) is 20.5 Å². The summed E-state index contributed by atoms with van der Waals surface area (Å²) >= 11 is 0. The van der Waals surface area contributed by atoms with Gasteiger partial charge in [0, 0.05) is 37.3 Å². The van der Waals surface area contributed by atoms with Crippen molar-refractivity contribution in [3.8, 4) is 0 Å². The van der Waals surface area contributed by atoms with Gasteiger partial charge in [0.15, 0.2) is 0 Å². The molecule has 1 fully saturated rings. The number of aromatic nitrogens is 1. The predicted molar refractivity (Wildman–Crippen MR) is 88.9 cm³/mol. The van der Waals surface area contributed by atoms with E-state index in [1.54, 1.807) is 6.07 Å². The number of fused-ring (bicyclic) bond motifs is 1.